The quantitative estimate of drug-likeness (QED) is 0.649. The van der Waals surface area contributed by atoms with Crippen LogP contribution in [0.4, 0.5) is 0 Å². The Morgan fingerprint density at radius 1 is 0.952 bits per heavy atom. The lowest BCUT2D eigenvalue weighted by Crippen LogP contribution is -2.30. The molecule has 0 radical (unpaired) electrons. The van der Waals surface area contributed by atoms with Gasteiger partial charge in [-0.3, -0.25) is 9.59 Å². The first kappa shape index (κ1) is 19.6. The van der Waals surface area contributed by atoms with E-state index in [4.69, 9.17) is 5.11 Å². The molecule has 0 heterocycles. The lowest BCUT2D eigenvalue weighted by molar-refractivity contribution is -0.147. The maximum atomic E-state index is 11.5. The Morgan fingerprint density at radius 2 is 1.52 bits per heavy atom. The van der Waals surface area contributed by atoms with Crippen molar-refractivity contribution in [1.29, 1.82) is 0 Å². The van der Waals surface area contributed by atoms with Crippen molar-refractivity contribution in [3.63, 3.8) is 0 Å². The van der Waals surface area contributed by atoms with Crippen molar-refractivity contribution in [1.82, 2.24) is 5.32 Å². The predicted octanol–water partition coefficient (Wildman–Crippen LogP) is 2.78. The Labute approximate surface area is 127 Å². The molecule has 5 heteroatoms. The summed E-state index contributed by atoms with van der Waals surface area (Å²) in [5, 5.41) is 11.9. The van der Waals surface area contributed by atoms with Gasteiger partial charge in [0.1, 0.15) is 5.78 Å². The molecule has 0 atom stereocenters. The largest absolute Gasteiger partial charge is 0.481 e. The molecule has 0 spiro atoms. The molecule has 0 aromatic rings. The van der Waals surface area contributed by atoms with Crippen LogP contribution in [-0.4, -0.2) is 29.3 Å². The number of hydrogen-bond donors (Lipinski definition) is 2. The SMILES string of the molecule is CC(=O)CCC(=O)NCCC(C)(C)CCC(C)(C)C(=O)O. The molecule has 0 aromatic heterocycles. The second-order valence-corrected chi connectivity index (χ2v) is 7.16. The molecule has 0 bridgehead atoms. The van der Waals surface area contributed by atoms with E-state index in [0.29, 0.717) is 13.0 Å². The first-order valence-electron chi connectivity index (χ1n) is 7.46. The zero-order valence-electron chi connectivity index (χ0n) is 13.9. The lowest BCUT2D eigenvalue weighted by Gasteiger charge is -2.29. The van der Waals surface area contributed by atoms with E-state index in [9.17, 15) is 14.4 Å². The number of hydrogen-bond acceptors (Lipinski definition) is 3. The van der Waals surface area contributed by atoms with E-state index in [0.717, 1.165) is 12.8 Å². The monoisotopic (exact) mass is 299 g/mol. The molecule has 122 valence electrons. The van der Waals surface area contributed by atoms with Crippen LogP contribution in [0.15, 0.2) is 0 Å². The molecule has 0 aliphatic carbocycles. The average molecular weight is 299 g/mol. The number of carboxylic acid groups (broad SMARTS) is 1. The number of carbonyl (C=O) groups excluding carboxylic acids is 2. The molecule has 2 N–H and O–H groups in total. The van der Waals surface area contributed by atoms with Crippen LogP contribution >= 0.6 is 0 Å². The van der Waals surface area contributed by atoms with Crippen LogP contribution in [0, 0.1) is 10.8 Å². The number of Topliss-reactive ketones (excluding diaryl/α,β-unsaturated/α-hetero) is 1. The first-order chi connectivity index (χ1) is 9.46. The maximum absolute atomic E-state index is 11.5. The third kappa shape index (κ3) is 9.21. The highest BCUT2D eigenvalue weighted by Crippen LogP contribution is 2.33. The highest BCUT2D eigenvalue weighted by molar-refractivity contribution is 5.83. The molecule has 0 saturated heterocycles. The van der Waals surface area contributed by atoms with Crippen LogP contribution in [0.3, 0.4) is 0 Å². The van der Waals surface area contributed by atoms with Gasteiger partial charge in [0.05, 0.1) is 5.41 Å². The van der Waals surface area contributed by atoms with Gasteiger partial charge >= 0.3 is 5.97 Å². The topological polar surface area (TPSA) is 83.5 Å². The molecule has 0 saturated carbocycles. The highest BCUT2D eigenvalue weighted by Gasteiger charge is 2.30. The Balaban J connectivity index is 4.05. The molecule has 1 amide bonds. The Bertz CT molecular complexity index is 386. The van der Waals surface area contributed by atoms with E-state index in [1.165, 1.54) is 6.92 Å². The van der Waals surface area contributed by atoms with Gasteiger partial charge in [-0.25, -0.2) is 0 Å². The standard InChI is InChI=1S/C16H29NO4/c1-12(18)6-7-13(19)17-11-10-15(2,3)8-9-16(4,5)14(20)21/h6-11H2,1-5H3,(H,17,19)(H,20,21). The molecular weight excluding hydrogens is 270 g/mol. The smallest absolute Gasteiger partial charge is 0.309 e. The summed E-state index contributed by atoms with van der Waals surface area (Å²) in [6.45, 7) is 9.64. The fraction of sp³-hybridized carbons (Fsp3) is 0.812. The van der Waals surface area contributed by atoms with E-state index in [2.05, 4.69) is 19.2 Å². The third-order valence-corrected chi connectivity index (χ3v) is 3.83. The Hall–Kier alpha value is -1.39. The van der Waals surface area contributed by atoms with Crippen LogP contribution in [-0.2, 0) is 14.4 Å². The summed E-state index contributed by atoms with van der Waals surface area (Å²) >= 11 is 0. The maximum Gasteiger partial charge on any atom is 0.309 e. The van der Waals surface area contributed by atoms with Crippen molar-refractivity contribution in [3.8, 4) is 0 Å². The average Bonchev–Trinajstić information content (AvgIpc) is 2.34. The van der Waals surface area contributed by atoms with E-state index in [-0.39, 0.29) is 29.9 Å². The molecular formula is C16H29NO4. The van der Waals surface area contributed by atoms with Gasteiger partial charge < -0.3 is 15.2 Å². The van der Waals surface area contributed by atoms with E-state index >= 15 is 0 Å². The zero-order chi connectivity index (χ0) is 16.7. The van der Waals surface area contributed by atoms with Crippen LogP contribution in [0.2, 0.25) is 0 Å². The second kappa shape index (κ2) is 8.15. The zero-order valence-corrected chi connectivity index (χ0v) is 13.9. The second-order valence-electron chi connectivity index (χ2n) is 7.16. The number of aliphatic carboxylic acids is 1. The molecule has 0 rings (SSSR count). The van der Waals surface area contributed by atoms with Crippen molar-refractivity contribution in [2.45, 2.75) is 66.7 Å². The van der Waals surface area contributed by atoms with Gasteiger partial charge in [0.15, 0.2) is 0 Å². The molecule has 0 unspecified atom stereocenters. The van der Waals surface area contributed by atoms with Crippen LogP contribution in [0.1, 0.15) is 66.7 Å². The van der Waals surface area contributed by atoms with Crippen LogP contribution in [0.25, 0.3) is 0 Å². The molecule has 0 aliphatic rings. The summed E-state index contributed by atoms with van der Waals surface area (Å²) < 4.78 is 0. The molecule has 0 aliphatic heterocycles. The molecule has 21 heavy (non-hydrogen) atoms. The fourth-order valence-corrected chi connectivity index (χ4v) is 1.80. The lowest BCUT2D eigenvalue weighted by atomic mass is 9.77. The third-order valence-electron chi connectivity index (χ3n) is 3.83. The number of carboxylic acids is 1. The number of amides is 1. The van der Waals surface area contributed by atoms with Gasteiger partial charge in [-0.2, -0.15) is 0 Å². The number of nitrogens with one attached hydrogen (secondary N) is 1. The predicted molar refractivity (Wildman–Crippen MR) is 82.0 cm³/mol. The van der Waals surface area contributed by atoms with Gasteiger partial charge in [0, 0.05) is 19.4 Å². The minimum absolute atomic E-state index is 0.0152. The molecule has 0 aromatic carbocycles. The summed E-state index contributed by atoms with van der Waals surface area (Å²) in [5.41, 5.74) is -0.747. The van der Waals surface area contributed by atoms with E-state index in [1.807, 2.05) is 0 Å². The number of rotatable bonds is 10. The first-order valence-corrected chi connectivity index (χ1v) is 7.46. The minimum atomic E-state index is -0.782. The van der Waals surface area contributed by atoms with Gasteiger partial charge in [-0.1, -0.05) is 13.8 Å². The normalized spacial score (nSPS) is 12.0. The Kier molecular flexibility index (Phi) is 7.61. The summed E-state index contributed by atoms with van der Waals surface area (Å²) in [4.78, 5) is 33.4. The van der Waals surface area contributed by atoms with E-state index in [1.54, 1.807) is 13.8 Å². The van der Waals surface area contributed by atoms with Gasteiger partial charge in [-0.05, 0) is 45.4 Å². The summed E-state index contributed by atoms with van der Waals surface area (Å²) in [7, 11) is 0. The number of ketones is 1. The van der Waals surface area contributed by atoms with Gasteiger partial charge in [0.2, 0.25) is 5.91 Å². The summed E-state index contributed by atoms with van der Waals surface area (Å²) in [5.74, 6) is -0.871. The van der Waals surface area contributed by atoms with Crippen molar-refractivity contribution in [2.24, 2.45) is 10.8 Å². The fourth-order valence-electron chi connectivity index (χ4n) is 1.80. The van der Waals surface area contributed by atoms with Crippen LogP contribution < -0.4 is 5.32 Å². The molecule has 5 nitrogen and oxygen atoms in total. The number of carbonyl (C=O) groups is 3. The summed E-state index contributed by atoms with van der Waals surface area (Å²) in [6, 6.07) is 0. The van der Waals surface area contributed by atoms with Gasteiger partial charge in [0.25, 0.3) is 0 Å². The van der Waals surface area contributed by atoms with E-state index < -0.39 is 11.4 Å². The Morgan fingerprint density at radius 3 is 2.00 bits per heavy atom. The van der Waals surface area contributed by atoms with Crippen molar-refractivity contribution >= 4 is 17.7 Å². The van der Waals surface area contributed by atoms with Crippen molar-refractivity contribution in [3.05, 3.63) is 0 Å². The van der Waals surface area contributed by atoms with Crippen molar-refractivity contribution in [2.75, 3.05) is 6.54 Å². The van der Waals surface area contributed by atoms with Crippen molar-refractivity contribution < 1.29 is 19.5 Å². The highest BCUT2D eigenvalue weighted by atomic mass is 16.4. The van der Waals surface area contributed by atoms with Crippen LogP contribution in [0.5, 0.6) is 0 Å². The minimum Gasteiger partial charge on any atom is -0.481 e. The van der Waals surface area contributed by atoms with Gasteiger partial charge in [-0.15, -0.1) is 0 Å². The molecule has 0 fully saturated rings. The summed E-state index contributed by atoms with van der Waals surface area (Å²) in [6.07, 6.45) is 2.70.